The summed E-state index contributed by atoms with van der Waals surface area (Å²) in [6.07, 6.45) is 4.44. The monoisotopic (exact) mass is 866 g/mol. The number of ether oxygens (including phenoxy) is 3. The number of pyridine rings is 1. The predicted molar refractivity (Wildman–Crippen MR) is 218 cm³/mol. The Morgan fingerprint density at radius 3 is 2.44 bits per heavy atom. The Labute approximate surface area is 345 Å². The lowest BCUT2D eigenvalue weighted by Crippen LogP contribution is -2.54. The molecule has 2 amide bonds. The van der Waals surface area contributed by atoms with E-state index < -0.39 is 58.7 Å². The minimum Gasteiger partial charge on any atom is -0.495 e. The van der Waals surface area contributed by atoms with E-state index in [9.17, 15) is 29.1 Å². The van der Waals surface area contributed by atoms with Gasteiger partial charge in [0.25, 0.3) is 0 Å². The summed E-state index contributed by atoms with van der Waals surface area (Å²) >= 11 is 5.01. The minimum atomic E-state index is -1.52. The molecule has 2 aliphatic carbocycles. The fourth-order valence-corrected chi connectivity index (χ4v) is 9.10. The quantitative estimate of drug-likeness (QED) is 0.120. The summed E-state index contributed by atoms with van der Waals surface area (Å²) < 4.78 is 18.6. The number of thiazole rings is 1. The Morgan fingerprint density at radius 2 is 1.82 bits per heavy atom. The molecule has 5 atom stereocenters. The van der Waals surface area contributed by atoms with Gasteiger partial charge >= 0.3 is 11.9 Å². The lowest BCUT2D eigenvalue weighted by Gasteiger charge is -2.35. The van der Waals surface area contributed by atoms with Crippen LogP contribution in [0.5, 0.6) is 11.5 Å². The lowest BCUT2D eigenvalue weighted by molar-refractivity contribution is -0.156. The summed E-state index contributed by atoms with van der Waals surface area (Å²) in [5.74, 6) is -3.09. The number of esters is 1. The van der Waals surface area contributed by atoms with Gasteiger partial charge in [-0.15, -0.1) is 17.9 Å². The van der Waals surface area contributed by atoms with E-state index in [0.717, 1.165) is 25.7 Å². The topological polar surface area (TPSA) is 174 Å². The molecule has 0 unspecified atom stereocenters. The fraction of sp³-hybridized carbons (Fsp3) is 0.548. The third-order valence-corrected chi connectivity index (χ3v) is 12.9. The first kappa shape index (κ1) is 42.2. The van der Waals surface area contributed by atoms with Crippen LogP contribution in [0.15, 0.2) is 40.7 Å². The summed E-state index contributed by atoms with van der Waals surface area (Å²) in [6, 6.07) is 4.24. The van der Waals surface area contributed by atoms with Gasteiger partial charge in [-0.25, -0.2) is 14.8 Å². The van der Waals surface area contributed by atoms with Crippen molar-refractivity contribution >= 4 is 67.7 Å². The molecule has 57 heavy (non-hydrogen) atoms. The maximum absolute atomic E-state index is 14.7. The van der Waals surface area contributed by atoms with Crippen LogP contribution >= 0.6 is 27.3 Å². The molecule has 2 N–H and O–H groups in total. The molecule has 2 aromatic heterocycles. The Kier molecular flexibility index (Phi) is 12.5. The highest BCUT2D eigenvalue weighted by molar-refractivity contribution is 9.10. The van der Waals surface area contributed by atoms with E-state index in [-0.39, 0.29) is 50.0 Å². The van der Waals surface area contributed by atoms with Gasteiger partial charge in [0.1, 0.15) is 51.8 Å². The SMILES string of the molecule is C=C[C@@H]1C[C@]1(NC(=O)[C@@H]1C[C@@H](Oc2cc(-c3csc(CC(=O)C(C)C)n3)nc3c(Br)c(OC)ccc23)CN1C(=O)[C@@H](CC(=O)OC1CCCC1)C(C)(C)C)C(=O)O. The van der Waals surface area contributed by atoms with Crippen LogP contribution in [0.2, 0.25) is 0 Å². The van der Waals surface area contributed by atoms with Gasteiger partial charge in [0.2, 0.25) is 11.8 Å². The van der Waals surface area contributed by atoms with Crippen molar-refractivity contribution in [3.8, 4) is 22.9 Å². The van der Waals surface area contributed by atoms with Crippen LogP contribution in [-0.4, -0.2) is 87.0 Å². The molecule has 3 heterocycles. The number of aromatic nitrogens is 2. The zero-order chi connectivity index (χ0) is 41.4. The maximum atomic E-state index is 14.7. The Bertz CT molecular complexity index is 2070. The zero-order valence-electron chi connectivity index (χ0n) is 33.3. The number of Topliss-reactive ketones (excluding diaryl/α,β-unsaturated/α-hetero) is 1. The number of methoxy groups -OCH3 is 1. The summed E-state index contributed by atoms with van der Waals surface area (Å²) in [5.41, 5.74) is -0.657. The third-order valence-electron chi connectivity index (χ3n) is 11.3. The number of carboxylic acid groups (broad SMARTS) is 1. The molecule has 3 aromatic rings. The van der Waals surface area contributed by atoms with Gasteiger partial charge in [0.15, 0.2) is 0 Å². The number of nitrogens with one attached hydrogen (secondary N) is 1. The number of hydrogen-bond donors (Lipinski definition) is 2. The third kappa shape index (κ3) is 9.04. The second kappa shape index (κ2) is 16.8. The molecule has 13 nitrogen and oxygen atoms in total. The molecule has 0 bridgehead atoms. The smallest absolute Gasteiger partial charge is 0.330 e. The first-order chi connectivity index (χ1) is 26.9. The van der Waals surface area contributed by atoms with Crippen molar-refractivity contribution in [3.63, 3.8) is 0 Å². The standard InChI is InChI=1S/C42H51BrN4O9S/c1-8-23-19-42(23,40(52)53)46-38(50)30-15-25(20-47(30)39(51)27(41(4,5)6)16-35(49)56-24-11-9-10-12-24)55-33-17-28(29-21-57-34(44-29)18-31(48)22(2)3)45-37-26(33)13-14-32(54-7)36(37)43/h8,13-14,17,21-25,27,30H,1,9-12,15-16,18-20H2,2-7H3,(H,46,50)(H,52,53)/t23-,25-,27-,30+,42-/m1/s1. The Hall–Kier alpha value is -4.37. The molecule has 2 saturated carbocycles. The second-order valence-electron chi connectivity index (χ2n) is 16.7. The molecule has 306 valence electrons. The summed E-state index contributed by atoms with van der Waals surface area (Å²) in [6.45, 7) is 13.0. The number of ketones is 1. The van der Waals surface area contributed by atoms with E-state index in [2.05, 4.69) is 27.8 Å². The molecule has 0 spiro atoms. The number of nitrogens with zero attached hydrogens (tertiary/aromatic N) is 3. The fourth-order valence-electron chi connectivity index (χ4n) is 7.70. The molecule has 15 heteroatoms. The number of amides is 2. The van der Waals surface area contributed by atoms with Gasteiger partial charge in [-0.05, 0) is 65.6 Å². The number of benzene rings is 1. The first-order valence-corrected chi connectivity index (χ1v) is 21.1. The molecule has 3 fully saturated rings. The van der Waals surface area contributed by atoms with Crippen molar-refractivity contribution in [2.24, 2.45) is 23.2 Å². The van der Waals surface area contributed by atoms with Crippen LogP contribution in [0.25, 0.3) is 22.3 Å². The van der Waals surface area contributed by atoms with Crippen LogP contribution in [0.4, 0.5) is 0 Å². The van der Waals surface area contributed by atoms with E-state index in [4.69, 9.17) is 24.2 Å². The number of carbonyl (C=O) groups is 5. The Balaban J connectivity index is 1.34. The van der Waals surface area contributed by atoms with Gasteiger partial charge in [0.05, 0.1) is 48.1 Å². The lowest BCUT2D eigenvalue weighted by atomic mass is 9.77. The van der Waals surface area contributed by atoms with Crippen LogP contribution in [-0.2, 0) is 35.1 Å². The van der Waals surface area contributed by atoms with Gasteiger partial charge in [0, 0.05) is 35.1 Å². The van der Waals surface area contributed by atoms with Crippen LogP contribution in [0, 0.1) is 23.2 Å². The highest BCUT2D eigenvalue weighted by Crippen LogP contribution is 2.45. The molecule has 1 aromatic carbocycles. The van der Waals surface area contributed by atoms with E-state index in [0.29, 0.717) is 43.3 Å². The van der Waals surface area contributed by atoms with E-state index in [1.54, 1.807) is 19.2 Å². The normalized spacial score (nSPS) is 22.7. The number of carbonyl (C=O) groups excluding carboxylic acids is 4. The van der Waals surface area contributed by atoms with Crippen molar-refractivity contribution < 1.29 is 43.3 Å². The average Bonchev–Trinajstić information content (AvgIpc) is 3.57. The summed E-state index contributed by atoms with van der Waals surface area (Å²) in [7, 11) is 1.55. The van der Waals surface area contributed by atoms with E-state index >= 15 is 0 Å². The van der Waals surface area contributed by atoms with Gasteiger partial charge in [-0.2, -0.15) is 0 Å². The number of hydrogen-bond acceptors (Lipinski definition) is 11. The zero-order valence-corrected chi connectivity index (χ0v) is 35.7. The van der Waals surface area contributed by atoms with Gasteiger partial charge in [-0.3, -0.25) is 19.2 Å². The number of rotatable bonds is 15. The van der Waals surface area contributed by atoms with Crippen molar-refractivity contribution in [2.45, 2.75) is 110 Å². The molecule has 6 rings (SSSR count). The molecular weight excluding hydrogens is 816 g/mol. The molecular formula is C42H51BrN4O9S. The van der Waals surface area contributed by atoms with Gasteiger partial charge in [-0.1, -0.05) is 40.7 Å². The summed E-state index contributed by atoms with van der Waals surface area (Å²) in [5, 5.41) is 16.0. The van der Waals surface area contributed by atoms with E-state index in [1.165, 1.54) is 22.3 Å². The molecule has 3 aliphatic rings. The van der Waals surface area contributed by atoms with Gasteiger partial charge < -0.3 is 29.5 Å². The number of likely N-dealkylation sites (tertiary alicyclic amines) is 1. The molecule has 0 radical (unpaired) electrons. The number of carboxylic acids is 1. The van der Waals surface area contributed by atoms with Crippen molar-refractivity contribution in [2.75, 3.05) is 13.7 Å². The van der Waals surface area contributed by atoms with Crippen molar-refractivity contribution in [1.82, 2.24) is 20.2 Å². The first-order valence-electron chi connectivity index (χ1n) is 19.4. The largest absolute Gasteiger partial charge is 0.495 e. The number of halogens is 1. The number of fused-ring (bicyclic) bond motifs is 1. The van der Waals surface area contributed by atoms with Crippen molar-refractivity contribution in [1.29, 1.82) is 0 Å². The predicted octanol–water partition coefficient (Wildman–Crippen LogP) is 6.93. The second-order valence-corrected chi connectivity index (χ2v) is 18.5. The van der Waals surface area contributed by atoms with Crippen molar-refractivity contribution in [3.05, 3.63) is 45.7 Å². The summed E-state index contributed by atoms with van der Waals surface area (Å²) in [4.78, 5) is 78.1. The highest BCUT2D eigenvalue weighted by atomic mass is 79.9. The van der Waals surface area contributed by atoms with E-state index in [1.807, 2.05) is 46.1 Å². The number of aliphatic carboxylic acids is 1. The average molecular weight is 868 g/mol. The maximum Gasteiger partial charge on any atom is 0.330 e. The highest BCUT2D eigenvalue weighted by Gasteiger charge is 2.61. The van der Waals surface area contributed by atoms with Crippen LogP contribution in [0.1, 0.15) is 84.6 Å². The molecule has 1 saturated heterocycles. The van der Waals surface area contributed by atoms with Crippen LogP contribution < -0.4 is 14.8 Å². The Morgan fingerprint density at radius 1 is 1.11 bits per heavy atom. The minimum absolute atomic E-state index is 0.0131. The van der Waals surface area contributed by atoms with Crippen LogP contribution in [0.3, 0.4) is 0 Å². The molecule has 1 aliphatic heterocycles.